The van der Waals surface area contributed by atoms with Gasteiger partial charge in [-0.3, -0.25) is 4.79 Å². The molecule has 3 rings (SSSR count). The summed E-state index contributed by atoms with van der Waals surface area (Å²) in [5, 5.41) is 3.28. The maximum atomic E-state index is 12.6. The Bertz CT molecular complexity index is 746. The van der Waals surface area contributed by atoms with Gasteiger partial charge in [0, 0.05) is 33.8 Å². The van der Waals surface area contributed by atoms with Crippen LogP contribution < -0.4 is 5.32 Å². The Kier molecular flexibility index (Phi) is 4.90. The lowest BCUT2D eigenvalue weighted by molar-refractivity contribution is -0.138. The van der Waals surface area contributed by atoms with Crippen LogP contribution >= 0.6 is 15.9 Å². The molecule has 0 radical (unpaired) electrons. The van der Waals surface area contributed by atoms with Crippen molar-refractivity contribution in [2.45, 2.75) is 39.0 Å². The number of nitrogens with one attached hydrogen (secondary N) is 1. The molecule has 1 aromatic rings. The number of allylic oxidation sites excluding steroid dienone is 3. The zero-order chi connectivity index (χ0) is 17.3. The molecule has 0 saturated carbocycles. The summed E-state index contributed by atoms with van der Waals surface area (Å²) >= 11 is 3.44. The number of halogens is 1. The summed E-state index contributed by atoms with van der Waals surface area (Å²) in [5.74, 6) is -0.604. The zero-order valence-electron chi connectivity index (χ0n) is 13.8. The number of benzene rings is 1. The summed E-state index contributed by atoms with van der Waals surface area (Å²) in [7, 11) is 0. The van der Waals surface area contributed by atoms with Crippen LogP contribution in [0.3, 0.4) is 0 Å². The van der Waals surface area contributed by atoms with E-state index in [-0.39, 0.29) is 17.7 Å². The van der Waals surface area contributed by atoms with Crippen molar-refractivity contribution in [2.75, 3.05) is 6.61 Å². The monoisotopic (exact) mass is 389 g/mol. The van der Waals surface area contributed by atoms with E-state index in [0.717, 1.165) is 39.8 Å². The highest BCUT2D eigenvalue weighted by Gasteiger charge is 2.38. The van der Waals surface area contributed by atoms with Gasteiger partial charge in [-0.2, -0.15) is 0 Å². The molecule has 1 atom stereocenters. The first kappa shape index (κ1) is 17.0. The van der Waals surface area contributed by atoms with Gasteiger partial charge in [-0.25, -0.2) is 4.79 Å². The van der Waals surface area contributed by atoms with Gasteiger partial charge in [0.2, 0.25) is 0 Å². The summed E-state index contributed by atoms with van der Waals surface area (Å²) in [6, 6.07) is 7.78. The molecule has 1 aliphatic heterocycles. The van der Waals surface area contributed by atoms with Crippen molar-refractivity contribution in [1.29, 1.82) is 0 Å². The van der Waals surface area contributed by atoms with E-state index in [1.54, 1.807) is 6.92 Å². The number of rotatable bonds is 3. The Labute approximate surface area is 150 Å². The second-order valence-corrected chi connectivity index (χ2v) is 6.95. The summed E-state index contributed by atoms with van der Waals surface area (Å²) in [6.07, 6.45) is 2.21. The predicted octanol–water partition coefficient (Wildman–Crippen LogP) is 3.98. The lowest BCUT2D eigenvalue weighted by atomic mass is 9.75. The Balaban J connectivity index is 2.15. The first-order valence-electron chi connectivity index (χ1n) is 8.19. The van der Waals surface area contributed by atoms with E-state index in [1.165, 1.54) is 0 Å². The number of dihydropyridines is 1. The fourth-order valence-corrected chi connectivity index (χ4v) is 3.72. The van der Waals surface area contributed by atoms with Crippen molar-refractivity contribution >= 4 is 27.7 Å². The van der Waals surface area contributed by atoms with Crippen LogP contribution in [0.1, 0.15) is 44.6 Å². The lowest BCUT2D eigenvalue weighted by Gasteiger charge is -2.34. The third-order valence-corrected chi connectivity index (χ3v) is 5.00. The maximum absolute atomic E-state index is 12.6. The summed E-state index contributed by atoms with van der Waals surface area (Å²) < 4.78 is 6.22. The van der Waals surface area contributed by atoms with Gasteiger partial charge in [-0.05, 0) is 44.4 Å². The lowest BCUT2D eigenvalue weighted by Crippen LogP contribution is -2.34. The van der Waals surface area contributed by atoms with Gasteiger partial charge < -0.3 is 10.1 Å². The summed E-state index contributed by atoms with van der Waals surface area (Å²) in [4.78, 5) is 25.2. The Morgan fingerprint density at radius 2 is 2.00 bits per heavy atom. The number of carbonyl (C=O) groups excluding carboxylic acids is 2. The van der Waals surface area contributed by atoms with Crippen LogP contribution in [0.5, 0.6) is 0 Å². The predicted molar refractivity (Wildman–Crippen MR) is 95.2 cm³/mol. The van der Waals surface area contributed by atoms with Crippen molar-refractivity contribution < 1.29 is 14.3 Å². The largest absolute Gasteiger partial charge is 0.463 e. The van der Waals surface area contributed by atoms with Crippen LogP contribution in [0, 0.1) is 0 Å². The number of hydrogen-bond donors (Lipinski definition) is 1. The van der Waals surface area contributed by atoms with E-state index in [1.807, 2.05) is 31.2 Å². The van der Waals surface area contributed by atoms with E-state index < -0.39 is 0 Å². The van der Waals surface area contributed by atoms with Gasteiger partial charge in [-0.1, -0.05) is 28.1 Å². The molecule has 24 heavy (non-hydrogen) atoms. The Hall–Kier alpha value is -1.88. The number of hydrogen-bond acceptors (Lipinski definition) is 4. The highest BCUT2D eigenvalue weighted by atomic mass is 79.9. The average Bonchev–Trinajstić information content (AvgIpc) is 2.55. The number of ether oxygens (including phenoxy) is 1. The molecule has 0 saturated heterocycles. The Morgan fingerprint density at radius 3 is 2.67 bits per heavy atom. The molecule has 0 fully saturated rings. The zero-order valence-corrected chi connectivity index (χ0v) is 15.4. The van der Waals surface area contributed by atoms with E-state index in [2.05, 4.69) is 21.2 Å². The van der Waals surface area contributed by atoms with E-state index in [4.69, 9.17) is 4.74 Å². The van der Waals surface area contributed by atoms with Crippen molar-refractivity contribution in [1.82, 2.24) is 5.32 Å². The van der Waals surface area contributed by atoms with Crippen LogP contribution in [0.4, 0.5) is 0 Å². The molecule has 0 amide bonds. The van der Waals surface area contributed by atoms with Crippen molar-refractivity contribution in [2.24, 2.45) is 0 Å². The molecule has 1 aliphatic carbocycles. The van der Waals surface area contributed by atoms with Gasteiger partial charge in [0.25, 0.3) is 0 Å². The minimum absolute atomic E-state index is 0.117. The molecule has 0 spiro atoms. The first-order chi connectivity index (χ1) is 11.5. The van der Waals surface area contributed by atoms with Crippen LogP contribution in [0.25, 0.3) is 0 Å². The standard InChI is InChI=1S/C19H20BrNO3/c1-3-24-19(23)16-11(2)21-14-5-4-6-15(22)18(14)17(16)12-7-9-13(20)10-8-12/h7-10,17,21H,3-6H2,1-2H3. The molecule has 4 nitrogen and oxygen atoms in total. The second-order valence-electron chi connectivity index (χ2n) is 6.04. The highest BCUT2D eigenvalue weighted by molar-refractivity contribution is 9.10. The average molecular weight is 390 g/mol. The molecule has 1 aromatic carbocycles. The third kappa shape index (κ3) is 3.05. The smallest absolute Gasteiger partial charge is 0.336 e. The topological polar surface area (TPSA) is 55.4 Å². The molecule has 2 aliphatic rings. The molecular formula is C19H20BrNO3. The molecule has 1 unspecified atom stereocenters. The highest BCUT2D eigenvalue weighted by Crippen LogP contribution is 2.42. The van der Waals surface area contributed by atoms with E-state index in [0.29, 0.717) is 18.6 Å². The van der Waals surface area contributed by atoms with E-state index in [9.17, 15) is 9.59 Å². The first-order valence-corrected chi connectivity index (χ1v) is 8.98. The fraction of sp³-hybridized carbons (Fsp3) is 0.368. The normalized spacial score (nSPS) is 20.6. The number of ketones is 1. The maximum Gasteiger partial charge on any atom is 0.336 e. The van der Waals surface area contributed by atoms with Crippen LogP contribution in [-0.4, -0.2) is 18.4 Å². The number of carbonyl (C=O) groups is 2. The van der Waals surface area contributed by atoms with Crippen molar-refractivity contribution in [3.8, 4) is 0 Å². The van der Waals surface area contributed by atoms with Crippen LogP contribution in [-0.2, 0) is 14.3 Å². The number of Topliss-reactive ketones (excluding diaryl/α,β-unsaturated/α-hetero) is 1. The fourth-order valence-electron chi connectivity index (χ4n) is 3.45. The molecular weight excluding hydrogens is 370 g/mol. The summed E-state index contributed by atoms with van der Waals surface area (Å²) in [6.45, 7) is 3.97. The van der Waals surface area contributed by atoms with E-state index >= 15 is 0 Å². The molecule has 1 heterocycles. The molecule has 126 valence electrons. The molecule has 0 aromatic heterocycles. The quantitative estimate of drug-likeness (QED) is 0.794. The summed E-state index contributed by atoms with van der Waals surface area (Å²) in [5.41, 5.74) is 3.91. The second kappa shape index (κ2) is 6.93. The molecule has 1 N–H and O–H groups in total. The van der Waals surface area contributed by atoms with Crippen molar-refractivity contribution in [3.05, 3.63) is 56.8 Å². The van der Waals surface area contributed by atoms with Crippen LogP contribution in [0.2, 0.25) is 0 Å². The third-order valence-electron chi connectivity index (χ3n) is 4.47. The minimum atomic E-state index is -0.361. The molecule has 5 heteroatoms. The van der Waals surface area contributed by atoms with Gasteiger partial charge >= 0.3 is 5.97 Å². The number of esters is 1. The minimum Gasteiger partial charge on any atom is -0.463 e. The van der Waals surface area contributed by atoms with Gasteiger partial charge in [-0.15, -0.1) is 0 Å². The van der Waals surface area contributed by atoms with Gasteiger partial charge in [0.15, 0.2) is 5.78 Å². The Morgan fingerprint density at radius 1 is 1.29 bits per heavy atom. The van der Waals surface area contributed by atoms with Crippen molar-refractivity contribution in [3.63, 3.8) is 0 Å². The van der Waals surface area contributed by atoms with Gasteiger partial charge in [0.1, 0.15) is 0 Å². The SMILES string of the molecule is CCOC(=O)C1=C(C)NC2=C(C(=O)CCC2)C1c1ccc(Br)cc1. The van der Waals surface area contributed by atoms with Crippen LogP contribution in [0.15, 0.2) is 51.3 Å². The van der Waals surface area contributed by atoms with Gasteiger partial charge in [0.05, 0.1) is 12.2 Å². The molecule has 0 bridgehead atoms.